The number of fused-ring (bicyclic) bond motifs is 1. The summed E-state index contributed by atoms with van der Waals surface area (Å²) in [6.07, 6.45) is 9.24. The topological polar surface area (TPSA) is 94.0 Å². The Kier molecular flexibility index (Phi) is 5.16. The van der Waals surface area contributed by atoms with E-state index in [4.69, 9.17) is 9.72 Å². The Balaban J connectivity index is 1.27. The first kappa shape index (κ1) is 20.9. The van der Waals surface area contributed by atoms with Gasteiger partial charge in [0.1, 0.15) is 22.9 Å². The van der Waals surface area contributed by atoms with E-state index in [1.807, 2.05) is 6.07 Å². The van der Waals surface area contributed by atoms with Crippen molar-refractivity contribution >= 4 is 23.0 Å². The Morgan fingerprint density at radius 1 is 1.19 bits per heavy atom. The molecule has 5 heterocycles. The van der Waals surface area contributed by atoms with E-state index in [1.54, 1.807) is 6.20 Å². The number of hydrogen-bond acceptors (Lipinski definition) is 9. The predicted molar refractivity (Wildman–Crippen MR) is 122 cm³/mol. The van der Waals surface area contributed by atoms with E-state index < -0.39 is 0 Å². The minimum Gasteiger partial charge on any atom is -0.485 e. The predicted octanol–water partition coefficient (Wildman–Crippen LogP) is 3.86. The van der Waals surface area contributed by atoms with E-state index in [1.165, 1.54) is 23.9 Å². The highest BCUT2D eigenvalue weighted by atomic mass is 32.1. The highest BCUT2D eigenvalue weighted by molar-refractivity contribution is 7.09. The van der Waals surface area contributed by atoms with Crippen molar-refractivity contribution in [3.63, 3.8) is 0 Å². The highest BCUT2D eigenvalue weighted by Gasteiger charge is 2.43. The number of nitrogens with zero attached hydrogens (tertiary/aromatic N) is 6. The van der Waals surface area contributed by atoms with Crippen LogP contribution in [-0.2, 0) is 11.8 Å². The van der Waals surface area contributed by atoms with Gasteiger partial charge >= 0.3 is 0 Å². The van der Waals surface area contributed by atoms with Crippen molar-refractivity contribution < 1.29 is 9.53 Å². The Bertz CT molecular complexity index is 1140. The van der Waals surface area contributed by atoms with Crippen molar-refractivity contribution in [2.24, 2.45) is 0 Å². The molecule has 0 aliphatic carbocycles. The lowest BCUT2D eigenvalue weighted by molar-refractivity contribution is 0.0665. The number of carbonyl (C=O) groups excluding carboxylic acids is 1. The molecule has 3 aromatic heterocycles. The SMILES string of the molecule is CCC(C)(C)c1nsc(N2CCC3(CC2)Cc2cc(-c4ncc(C=O)cn4)ncc2O3)n1. The fourth-order valence-corrected chi connectivity index (χ4v) is 5.03. The van der Waals surface area contributed by atoms with Gasteiger partial charge in [-0.15, -0.1) is 0 Å². The first-order valence-corrected chi connectivity index (χ1v) is 11.7. The molecule has 0 bridgehead atoms. The quantitative estimate of drug-likeness (QED) is 0.541. The lowest BCUT2D eigenvalue weighted by Gasteiger charge is -2.38. The van der Waals surface area contributed by atoms with Crippen molar-refractivity contribution in [3.8, 4) is 17.3 Å². The standard InChI is InChI=1S/C23H26N6O2S/c1-4-22(2,3)20-27-21(32-28-20)29-7-5-23(6-8-29)10-16-9-17(24-13-18(16)31-23)19-25-11-15(14-30)12-26-19/h9,11-14H,4-8,10H2,1-3H3. The van der Waals surface area contributed by atoms with Crippen LogP contribution in [0.15, 0.2) is 24.7 Å². The van der Waals surface area contributed by atoms with Gasteiger partial charge in [0.25, 0.3) is 0 Å². The molecule has 9 heteroatoms. The molecule has 32 heavy (non-hydrogen) atoms. The summed E-state index contributed by atoms with van der Waals surface area (Å²) < 4.78 is 11.0. The number of hydrogen-bond donors (Lipinski definition) is 0. The molecule has 1 spiro atoms. The lowest BCUT2D eigenvalue weighted by atomic mass is 9.87. The maximum atomic E-state index is 10.8. The number of aromatic nitrogens is 5. The molecule has 5 rings (SSSR count). The summed E-state index contributed by atoms with van der Waals surface area (Å²) in [5, 5.41) is 1.01. The fraction of sp³-hybridized carbons (Fsp3) is 0.478. The molecule has 2 aliphatic heterocycles. The van der Waals surface area contributed by atoms with Crippen LogP contribution in [0.1, 0.15) is 61.8 Å². The third-order valence-corrected chi connectivity index (χ3v) is 7.45. The highest BCUT2D eigenvalue weighted by Crippen LogP contribution is 2.42. The molecule has 1 fully saturated rings. The van der Waals surface area contributed by atoms with Crippen LogP contribution < -0.4 is 9.64 Å². The van der Waals surface area contributed by atoms with Gasteiger partial charge in [0.2, 0.25) is 5.13 Å². The van der Waals surface area contributed by atoms with Crippen molar-refractivity contribution in [2.45, 2.75) is 57.5 Å². The molecule has 0 radical (unpaired) electrons. The molecule has 0 atom stereocenters. The molecule has 8 nitrogen and oxygen atoms in total. The number of ether oxygens (including phenoxy) is 1. The Hall–Kier alpha value is -2.94. The molecule has 3 aromatic rings. The van der Waals surface area contributed by atoms with Crippen LogP contribution >= 0.6 is 11.5 Å². The van der Waals surface area contributed by atoms with E-state index >= 15 is 0 Å². The monoisotopic (exact) mass is 450 g/mol. The number of carbonyl (C=O) groups is 1. The number of anilines is 1. The summed E-state index contributed by atoms with van der Waals surface area (Å²) in [5.74, 6) is 2.29. The second-order valence-corrected chi connectivity index (χ2v) is 9.95. The van der Waals surface area contributed by atoms with Gasteiger partial charge in [0.15, 0.2) is 12.1 Å². The number of piperidine rings is 1. The summed E-state index contributed by atoms with van der Waals surface area (Å²) in [6.45, 7) is 8.35. The molecule has 166 valence electrons. The van der Waals surface area contributed by atoms with Crippen molar-refractivity contribution in [2.75, 3.05) is 18.0 Å². The average Bonchev–Trinajstić information content (AvgIpc) is 3.45. The van der Waals surface area contributed by atoms with Crippen LogP contribution in [0, 0.1) is 0 Å². The summed E-state index contributed by atoms with van der Waals surface area (Å²) in [5.41, 5.74) is 2.08. The van der Waals surface area contributed by atoms with Crippen LogP contribution in [0.2, 0.25) is 0 Å². The summed E-state index contributed by atoms with van der Waals surface area (Å²) in [6, 6.07) is 2.01. The van der Waals surface area contributed by atoms with Crippen LogP contribution in [0.3, 0.4) is 0 Å². The van der Waals surface area contributed by atoms with E-state index in [0.717, 1.165) is 67.3 Å². The molecular formula is C23H26N6O2S. The third kappa shape index (κ3) is 3.74. The summed E-state index contributed by atoms with van der Waals surface area (Å²) in [4.78, 5) is 31.0. The zero-order chi connectivity index (χ0) is 22.3. The van der Waals surface area contributed by atoms with Crippen molar-refractivity contribution in [3.05, 3.63) is 41.6 Å². The molecule has 0 aromatic carbocycles. The smallest absolute Gasteiger partial charge is 0.205 e. The van der Waals surface area contributed by atoms with Crippen LogP contribution in [-0.4, -0.2) is 49.3 Å². The van der Waals surface area contributed by atoms with Gasteiger partial charge in [-0.2, -0.15) is 4.37 Å². The van der Waals surface area contributed by atoms with Gasteiger partial charge in [-0.05, 0) is 12.5 Å². The molecular weight excluding hydrogens is 424 g/mol. The van der Waals surface area contributed by atoms with E-state index in [0.29, 0.717) is 17.1 Å². The normalized spacial score (nSPS) is 17.3. The van der Waals surface area contributed by atoms with Crippen LogP contribution in [0.25, 0.3) is 11.5 Å². The number of rotatable bonds is 5. The van der Waals surface area contributed by atoms with E-state index in [2.05, 4.69) is 45.0 Å². The van der Waals surface area contributed by atoms with Crippen LogP contribution in [0.4, 0.5) is 5.13 Å². The molecule has 1 saturated heterocycles. The van der Waals surface area contributed by atoms with Crippen molar-refractivity contribution in [1.82, 2.24) is 24.3 Å². The number of aldehydes is 1. The second-order valence-electron chi connectivity index (χ2n) is 9.22. The number of pyridine rings is 1. The van der Waals surface area contributed by atoms with Gasteiger partial charge < -0.3 is 9.64 Å². The van der Waals surface area contributed by atoms with Gasteiger partial charge in [-0.3, -0.25) is 4.79 Å². The third-order valence-electron chi connectivity index (χ3n) is 6.67. The van der Waals surface area contributed by atoms with E-state index in [9.17, 15) is 4.79 Å². The van der Waals surface area contributed by atoms with Gasteiger partial charge in [-0.25, -0.2) is 19.9 Å². The first-order chi connectivity index (χ1) is 15.4. The Morgan fingerprint density at radius 2 is 1.94 bits per heavy atom. The largest absolute Gasteiger partial charge is 0.485 e. The molecule has 0 saturated carbocycles. The summed E-state index contributed by atoms with van der Waals surface area (Å²) in [7, 11) is 0. The van der Waals surface area contributed by atoms with Gasteiger partial charge in [0, 0.05) is 67.3 Å². The molecule has 0 unspecified atom stereocenters. The average molecular weight is 451 g/mol. The van der Waals surface area contributed by atoms with Gasteiger partial charge in [-0.1, -0.05) is 20.8 Å². The lowest BCUT2D eigenvalue weighted by Crippen LogP contribution is -2.47. The zero-order valence-corrected chi connectivity index (χ0v) is 19.4. The maximum Gasteiger partial charge on any atom is 0.205 e. The van der Waals surface area contributed by atoms with Gasteiger partial charge in [0.05, 0.1) is 11.8 Å². The Morgan fingerprint density at radius 3 is 2.62 bits per heavy atom. The first-order valence-electron chi connectivity index (χ1n) is 11.0. The Labute approximate surface area is 191 Å². The minimum absolute atomic E-state index is 0.00392. The van der Waals surface area contributed by atoms with Crippen LogP contribution in [0.5, 0.6) is 5.75 Å². The zero-order valence-electron chi connectivity index (χ0n) is 18.5. The maximum absolute atomic E-state index is 10.8. The molecule has 0 amide bonds. The second kappa shape index (κ2) is 7.88. The summed E-state index contributed by atoms with van der Waals surface area (Å²) >= 11 is 1.50. The fourth-order valence-electron chi connectivity index (χ4n) is 4.15. The molecule has 0 N–H and O–H groups in total. The van der Waals surface area contributed by atoms with E-state index in [-0.39, 0.29) is 11.0 Å². The minimum atomic E-state index is -0.197. The molecule has 2 aliphatic rings. The van der Waals surface area contributed by atoms with Crippen molar-refractivity contribution in [1.29, 1.82) is 0 Å².